The maximum atomic E-state index is 13.3. The minimum Gasteiger partial charge on any atom is -0.298 e. The van der Waals surface area contributed by atoms with Gasteiger partial charge in [0, 0.05) is 10.6 Å². The van der Waals surface area contributed by atoms with Crippen molar-refractivity contribution >= 4 is 11.6 Å². The number of hydrogen-bond donors (Lipinski definition) is 1. The van der Waals surface area contributed by atoms with Crippen LogP contribution >= 0.6 is 11.6 Å². The lowest BCUT2D eigenvalue weighted by molar-refractivity contribution is 0.571. The zero-order valence-electron chi connectivity index (χ0n) is 7.72. The molecule has 2 nitrogen and oxygen atoms in total. The zero-order valence-corrected chi connectivity index (χ0v) is 8.48. The second-order valence-corrected chi connectivity index (χ2v) is 3.16. The molecule has 0 radical (unpaired) electrons. The van der Waals surface area contributed by atoms with E-state index in [0.717, 1.165) is 0 Å². The quantitative estimate of drug-likeness (QED) is 0.836. The molecule has 0 fully saturated rings. The van der Waals surface area contributed by atoms with Crippen molar-refractivity contribution < 1.29 is 4.39 Å². The lowest BCUT2D eigenvalue weighted by Gasteiger charge is -2.12. The van der Waals surface area contributed by atoms with Crippen LogP contribution in [-0.4, -0.2) is 6.54 Å². The number of hydrogen-bond acceptors (Lipinski definition) is 2. The number of halogens is 2. The molecular formula is C10H10ClFN2. The second-order valence-electron chi connectivity index (χ2n) is 2.76. The molecule has 0 amide bonds. The molecule has 1 rings (SSSR count). The Morgan fingerprint density at radius 1 is 1.64 bits per heavy atom. The van der Waals surface area contributed by atoms with Crippen molar-refractivity contribution in [2.24, 2.45) is 0 Å². The maximum absolute atomic E-state index is 13.3. The largest absolute Gasteiger partial charge is 0.298 e. The maximum Gasteiger partial charge on any atom is 0.130 e. The van der Waals surface area contributed by atoms with Crippen LogP contribution in [0.25, 0.3) is 0 Å². The summed E-state index contributed by atoms with van der Waals surface area (Å²) in [4.78, 5) is 0. The minimum atomic E-state index is -0.686. The minimum absolute atomic E-state index is 0.221. The first-order chi connectivity index (χ1) is 6.70. The van der Waals surface area contributed by atoms with E-state index >= 15 is 0 Å². The van der Waals surface area contributed by atoms with Crippen LogP contribution in [0.5, 0.6) is 0 Å². The Morgan fingerprint density at radius 3 is 2.86 bits per heavy atom. The molecule has 0 saturated heterocycles. The molecule has 14 heavy (non-hydrogen) atoms. The summed E-state index contributed by atoms with van der Waals surface area (Å²) in [5, 5.41) is 11.9. The number of benzene rings is 1. The van der Waals surface area contributed by atoms with Crippen LogP contribution in [0.15, 0.2) is 18.2 Å². The van der Waals surface area contributed by atoms with Crippen molar-refractivity contribution in [3.63, 3.8) is 0 Å². The predicted molar refractivity (Wildman–Crippen MR) is 53.4 cm³/mol. The van der Waals surface area contributed by atoms with Gasteiger partial charge in [-0.2, -0.15) is 5.26 Å². The average molecular weight is 213 g/mol. The van der Waals surface area contributed by atoms with Crippen molar-refractivity contribution in [2.45, 2.75) is 13.0 Å². The monoisotopic (exact) mass is 212 g/mol. The van der Waals surface area contributed by atoms with Crippen LogP contribution in [0.3, 0.4) is 0 Å². The third-order valence-corrected chi connectivity index (χ3v) is 2.16. The molecule has 4 heteroatoms. The highest BCUT2D eigenvalue weighted by Gasteiger charge is 2.16. The Balaban J connectivity index is 3.10. The molecule has 0 saturated carbocycles. The Bertz CT molecular complexity index is 339. The summed E-state index contributed by atoms with van der Waals surface area (Å²) < 4.78 is 13.3. The standard InChI is InChI=1S/C10H10ClFN2/c1-2-14-9(6-13)10-7(11)4-3-5-8(10)12/h3-5,9,14H,2H2,1H3. The zero-order chi connectivity index (χ0) is 10.6. The van der Waals surface area contributed by atoms with E-state index in [-0.39, 0.29) is 10.6 Å². The molecule has 0 aliphatic heterocycles. The van der Waals surface area contributed by atoms with E-state index in [4.69, 9.17) is 16.9 Å². The highest BCUT2D eigenvalue weighted by atomic mass is 35.5. The van der Waals surface area contributed by atoms with Crippen LogP contribution in [0.2, 0.25) is 5.02 Å². The number of rotatable bonds is 3. The molecule has 1 N–H and O–H groups in total. The molecule has 0 bridgehead atoms. The lowest BCUT2D eigenvalue weighted by atomic mass is 10.1. The fourth-order valence-corrected chi connectivity index (χ4v) is 1.47. The molecule has 1 aromatic carbocycles. The summed E-state index contributed by atoms with van der Waals surface area (Å²) >= 11 is 5.81. The molecule has 0 aromatic heterocycles. The van der Waals surface area contributed by atoms with Crippen molar-refractivity contribution in [2.75, 3.05) is 6.54 Å². The highest BCUT2D eigenvalue weighted by molar-refractivity contribution is 6.31. The first kappa shape index (κ1) is 11.0. The first-order valence-electron chi connectivity index (χ1n) is 4.27. The van der Waals surface area contributed by atoms with Gasteiger partial charge in [-0.15, -0.1) is 0 Å². The predicted octanol–water partition coefficient (Wildman–Crippen LogP) is 2.65. The summed E-state index contributed by atoms with van der Waals surface area (Å²) in [7, 11) is 0. The van der Waals surface area contributed by atoms with Crippen molar-refractivity contribution in [3.05, 3.63) is 34.6 Å². The molecule has 1 aromatic rings. The SMILES string of the molecule is CCNC(C#N)c1c(F)cccc1Cl. The fraction of sp³-hybridized carbons (Fsp3) is 0.300. The number of nitrogens with one attached hydrogen (secondary N) is 1. The topological polar surface area (TPSA) is 35.8 Å². The van der Waals surface area contributed by atoms with Gasteiger partial charge < -0.3 is 0 Å². The van der Waals surface area contributed by atoms with Gasteiger partial charge in [0.15, 0.2) is 0 Å². The molecule has 1 unspecified atom stereocenters. The van der Waals surface area contributed by atoms with E-state index < -0.39 is 11.9 Å². The van der Waals surface area contributed by atoms with Gasteiger partial charge in [0.1, 0.15) is 11.9 Å². The normalized spacial score (nSPS) is 12.1. The molecule has 0 aliphatic rings. The van der Waals surface area contributed by atoms with E-state index in [9.17, 15) is 4.39 Å². The van der Waals surface area contributed by atoms with Gasteiger partial charge in [-0.3, -0.25) is 5.32 Å². The van der Waals surface area contributed by atoms with Crippen LogP contribution in [0, 0.1) is 17.1 Å². The van der Waals surface area contributed by atoms with E-state index in [1.54, 1.807) is 6.07 Å². The third kappa shape index (κ3) is 2.22. The number of nitriles is 1. The molecule has 74 valence electrons. The van der Waals surface area contributed by atoms with Crippen LogP contribution < -0.4 is 5.32 Å². The van der Waals surface area contributed by atoms with Gasteiger partial charge in [0.25, 0.3) is 0 Å². The molecular weight excluding hydrogens is 203 g/mol. The third-order valence-electron chi connectivity index (χ3n) is 1.83. The van der Waals surface area contributed by atoms with Crippen LogP contribution in [0.4, 0.5) is 4.39 Å². The van der Waals surface area contributed by atoms with Gasteiger partial charge in [-0.1, -0.05) is 24.6 Å². The highest BCUT2D eigenvalue weighted by Crippen LogP contribution is 2.25. The Kier molecular flexibility index (Phi) is 3.87. The van der Waals surface area contributed by atoms with Crippen LogP contribution in [0.1, 0.15) is 18.5 Å². The van der Waals surface area contributed by atoms with Gasteiger partial charge in [0.05, 0.1) is 6.07 Å². The van der Waals surface area contributed by atoms with E-state index in [1.807, 2.05) is 13.0 Å². The van der Waals surface area contributed by atoms with E-state index in [2.05, 4.69) is 5.32 Å². The Labute approximate surface area is 87.3 Å². The Hall–Kier alpha value is -1.11. The average Bonchev–Trinajstić information content (AvgIpc) is 2.16. The van der Waals surface area contributed by atoms with Crippen molar-refractivity contribution in [3.8, 4) is 6.07 Å². The molecule has 0 heterocycles. The summed E-state index contributed by atoms with van der Waals surface area (Å²) in [6.07, 6.45) is 0. The first-order valence-corrected chi connectivity index (χ1v) is 4.65. The number of nitrogens with zero attached hydrogens (tertiary/aromatic N) is 1. The summed E-state index contributed by atoms with van der Waals surface area (Å²) in [5.41, 5.74) is 0.221. The van der Waals surface area contributed by atoms with E-state index in [1.165, 1.54) is 12.1 Å². The second kappa shape index (κ2) is 4.94. The molecule has 1 atom stereocenters. The Morgan fingerprint density at radius 2 is 2.36 bits per heavy atom. The van der Waals surface area contributed by atoms with Gasteiger partial charge in [0.2, 0.25) is 0 Å². The van der Waals surface area contributed by atoms with Gasteiger partial charge in [-0.25, -0.2) is 4.39 Å². The van der Waals surface area contributed by atoms with Gasteiger partial charge in [-0.05, 0) is 18.7 Å². The summed E-state index contributed by atoms with van der Waals surface area (Å²) in [6.45, 7) is 2.43. The van der Waals surface area contributed by atoms with E-state index in [0.29, 0.717) is 6.54 Å². The van der Waals surface area contributed by atoms with Gasteiger partial charge >= 0.3 is 0 Å². The summed E-state index contributed by atoms with van der Waals surface area (Å²) in [5.74, 6) is -0.454. The molecule has 0 aliphatic carbocycles. The lowest BCUT2D eigenvalue weighted by Crippen LogP contribution is -2.20. The smallest absolute Gasteiger partial charge is 0.130 e. The fourth-order valence-electron chi connectivity index (χ4n) is 1.20. The molecule has 0 spiro atoms. The van der Waals surface area contributed by atoms with Crippen molar-refractivity contribution in [1.82, 2.24) is 5.32 Å². The van der Waals surface area contributed by atoms with Crippen molar-refractivity contribution in [1.29, 1.82) is 5.26 Å². The summed E-state index contributed by atoms with van der Waals surface area (Å²) in [6, 6.07) is 5.66. The van der Waals surface area contributed by atoms with Crippen LogP contribution in [-0.2, 0) is 0 Å².